The van der Waals surface area contributed by atoms with E-state index in [1.165, 1.54) is 49.1 Å². The summed E-state index contributed by atoms with van der Waals surface area (Å²) in [6, 6.07) is 5.98. The smallest absolute Gasteiger partial charge is 0.246 e. The minimum absolute atomic E-state index is 0.0789. The number of thiazole rings is 1. The minimum Gasteiger partial charge on any atom is -0.611 e. The molecular weight excluding hydrogens is 426 g/mol. The lowest BCUT2D eigenvalue weighted by molar-refractivity contribution is 0.217. The third-order valence-corrected chi connectivity index (χ3v) is 9.77. The Kier molecular flexibility index (Phi) is 7.21. The van der Waals surface area contributed by atoms with Gasteiger partial charge in [0.15, 0.2) is 0 Å². The topological polar surface area (TPSA) is 79.3 Å². The van der Waals surface area contributed by atoms with Crippen molar-refractivity contribution < 1.29 is 17.7 Å². The van der Waals surface area contributed by atoms with Gasteiger partial charge < -0.3 is 9.29 Å². The van der Waals surface area contributed by atoms with E-state index >= 15 is 0 Å². The second-order valence-corrected chi connectivity index (χ2v) is 11.6. The molecule has 1 aromatic carbocycles. The van der Waals surface area contributed by atoms with Crippen molar-refractivity contribution in [3.63, 3.8) is 0 Å². The number of nitrogens with zero attached hydrogens (tertiary/aromatic N) is 1. The van der Waals surface area contributed by atoms with Gasteiger partial charge in [-0.15, -0.1) is 0 Å². The standard InChI is InChI=1S/C18H22ClNO4S3/c1-24-11-12-26(21)18-17(20-16(25-18)13-5-3-2-4-6-13)27(22,23)15-9-7-14(19)8-10-15/h7-10,13H,2-6,11-12H2,1H3. The van der Waals surface area contributed by atoms with Gasteiger partial charge in [-0.05, 0) is 37.1 Å². The molecule has 0 spiro atoms. The monoisotopic (exact) mass is 447 g/mol. The van der Waals surface area contributed by atoms with Crippen LogP contribution in [0, 0.1) is 0 Å². The predicted molar refractivity (Wildman–Crippen MR) is 108 cm³/mol. The van der Waals surface area contributed by atoms with Crippen LogP contribution in [0.25, 0.3) is 0 Å². The fraction of sp³-hybridized carbons (Fsp3) is 0.500. The Balaban J connectivity index is 2.02. The summed E-state index contributed by atoms with van der Waals surface area (Å²) < 4.78 is 44.4. The lowest BCUT2D eigenvalue weighted by atomic mass is 9.90. The number of hydrogen-bond donors (Lipinski definition) is 0. The van der Waals surface area contributed by atoms with Crippen LogP contribution in [0.3, 0.4) is 0 Å². The zero-order valence-electron chi connectivity index (χ0n) is 15.0. The van der Waals surface area contributed by atoms with E-state index in [1.807, 2.05) is 0 Å². The first-order valence-electron chi connectivity index (χ1n) is 8.82. The van der Waals surface area contributed by atoms with Crippen LogP contribution in [0.4, 0.5) is 0 Å². The summed E-state index contributed by atoms with van der Waals surface area (Å²) in [6.07, 6.45) is 5.43. The lowest BCUT2D eigenvalue weighted by Crippen LogP contribution is -2.14. The van der Waals surface area contributed by atoms with Gasteiger partial charge in [0.05, 0.1) is 11.5 Å². The first kappa shape index (κ1) is 21.1. The van der Waals surface area contributed by atoms with Gasteiger partial charge in [0.2, 0.25) is 19.1 Å². The lowest BCUT2D eigenvalue weighted by Gasteiger charge is -2.18. The van der Waals surface area contributed by atoms with Crippen molar-refractivity contribution in [3.05, 3.63) is 34.3 Å². The number of methoxy groups -OCH3 is 1. The molecule has 148 valence electrons. The Labute approximate surface area is 172 Å². The number of hydrogen-bond acceptors (Lipinski definition) is 6. The molecule has 2 aromatic rings. The maximum atomic E-state index is 13.2. The third-order valence-electron chi connectivity index (χ3n) is 4.60. The van der Waals surface area contributed by atoms with Crippen molar-refractivity contribution in [2.45, 2.75) is 52.2 Å². The molecule has 0 saturated heterocycles. The van der Waals surface area contributed by atoms with Gasteiger partial charge in [0.25, 0.3) is 0 Å². The van der Waals surface area contributed by atoms with Crippen molar-refractivity contribution in [1.29, 1.82) is 0 Å². The molecule has 0 N–H and O–H groups in total. The van der Waals surface area contributed by atoms with E-state index in [4.69, 9.17) is 16.3 Å². The average molecular weight is 448 g/mol. The van der Waals surface area contributed by atoms with E-state index in [2.05, 4.69) is 4.98 Å². The Hall–Kier alpha value is -0.640. The van der Waals surface area contributed by atoms with Crippen molar-refractivity contribution in [1.82, 2.24) is 4.98 Å². The Morgan fingerprint density at radius 2 is 1.93 bits per heavy atom. The molecule has 1 unspecified atom stereocenters. The van der Waals surface area contributed by atoms with Gasteiger partial charge in [-0.25, -0.2) is 13.4 Å². The summed E-state index contributed by atoms with van der Waals surface area (Å²) in [4.78, 5) is 4.61. The normalized spacial score (nSPS) is 17.1. The summed E-state index contributed by atoms with van der Waals surface area (Å²) in [7, 11) is -2.34. The summed E-state index contributed by atoms with van der Waals surface area (Å²) in [5.74, 6) is 0.488. The fourth-order valence-electron chi connectivity index (χ4n) is 3.12. The van der Waals surface area contributed by atoms with Crippen molar-refractivity contribution in [2.75, 3.05) is 19.5 Å². The van der Waals surface area contributed by atoms with Crippen LogP contribution in [0.15, 0.2) is 38.4 Å². The molecule has 0 aliphatic heterocycles. The zero-order valence-corrected chi connectivity index (χ0v) is 18.2. The van der Waals surface area contributed by atoms with Crippen molar-refractivity contribution in [2.24, 2.45) is 0 Å². The Morgan fingerprint density at radius 1 is 1.26 bits per heavy atom. The highest BCUT2D eigenvalue weighted by Gasteiger charge is 2.34. The maximum Gasteiger partial charge on any atom is 0.246 e. The largest absolute Gasteiger partial charge is 0.611 e. The molecule has 0 amide bonds. The van der Waals surface area contributed by atoms with E-state index in [-0.39, 0.29) is 21.6 Å². The molecule has 1 fully saturated rings. The highest BCUT2D eigenvalue weighted by atomic mass is 35.5. The van der Waals surface area contributed by atoms with Gasteiger partial charge in [0.1, 0.15) is 10.8 Å². The van der Waals surface area contributed by atoms with E-state index in [0.717, 1.165) is 30.7 Å². The van der Waals surface area contributed by atoms with Crippen LogP contribution < -0.4 is 0 Å². The molecule has 0 bridgehead atoms. The van der Waals surface area contributed by atoms with Crippen molar-refractivity contribution >= 4 is 44.0 Å². The molecule has 1 heterocycles. The summed E-state index contributed by atoms with van der Waals surface area (Å²) in [5.41, 5.74) is 0. The summed E-state index contributed by atoms with van der Waals surface area (Å²) in [5, 5.41) is 1.16. The summed E-state index contributed by atoms with van der Waals surface area (Å²) >= 11 is 5.68. The fourth-order valence-corrected chi connectivity index (χ4v) is 8.01. The quantitative estimate of drug-likeness (QED) is 0.586. The number of rotatable bonds is 7. The van der Waals surface area contributed by atoms with E-state index < -0.39 is 21.0 Å². The molecule has 1 aliphatic carbocycles. The number of aromatic nitrogens is 1. The van der Waals surface area contributed by atoms with Crippen LogP contribution in [0.1, 0.15) is 43.0 Å². The van der Waals surface area contributed by atoms with Gasteiger partial charge in [-0.1, -0.05) is 42.2 Å². The molecule has 1 saturated carbocycles. The summed E-state index contributed by atoms with van der Waals surface area (Å²) in [6.45, 7) is 0.295. The molecule has 27 heavy (non-hydrogen) atoms. The molecule has 1 aromatic heterocycles. The number of ether oxygens (including phenoxy) is 1. The first-order valence-corrected chi connectivity index (χ1v) is 12.8. The number of halogens is 1. The molecule has 1 aliphatic rings. The van der Waals surface area contributed by atoms with Crippen LogP contribution in [0.2, 0.25) is 5.02 Å². The van der Waals surface area contributed by atoms with E-state index in [9.17, 15) is 13.0 Å². The van der Waals surface area contributed by atoms with Crippen LogP contribution in [-0.2, 0) is 25.7 Å². The molecule has 0 radical (unpaired) electrons. The van der Waals surface area contributed by atoms with E-state index in [0.29, 0.717) is 15.8 Å². The Morgan fingerprint density at radius 3 is 2.56 bits per heavy atom. The van der Waals surface area contributed by atoms with E-state index in [1.54, 1.807) is 0 Å². The maximum absolute atomic E-state index is 13.2. The highest BCUT2D eigenvalue weighted by molar-refractivity contribution is 7.96. The van der Waals surface area contributed by atoms with Crippen LogP contribution >= 0.6 is 22.9 Å². The molecule has 1 atom stereocenters. The molecule has 5 nitrogen and oxygen atoms in total. The average Bonchev–Trinajstić information content (AvgIpc) is 3.13. The minimum atomic E-state index is -3.87. The van der Waals surface area contributed by atoms with Gasteiger partial charge in [-0.3, -0.25) is 0 Å². The molecule has 3 rings (SSSR count). The second kappa shape index (κ2) is 9.24. The van der Waals surface area contributed by atoms with Gasteiger partial charge in [-0.2, -0.15) is 0 Å². The SMILES string of the molecule is COCC[S+]([O-])c1sc(C2CCCCC2)nc1S(=O)(=O)c1ccc(Cl)cc1. The third kappa shape index (κ3) is 4.86. The molecular formula is C18H22ClNO4S3. The number of sulfone groups is 1. The van der Waals surface area contributed by atoms with Gasteiger partial charge in [0, 0.05) is 29.2 Å². The number of benzene rings is 1. The van der Waals surface area contributed by atoms with Crippen molar-refractivity contribution in [3.8, 4) is 0 Å². The Bertz CT molecular complexity index is 861. The second-order valence-electron chi connectivity index (χ2n) is 6.48. The van der Waals surface area contributed by atoms with Crippen LogP contribution in [0.5, 0.6) is 0 Å². The highest BCUT2D eigenvalue weighted by Crippen LogP contribution is 2.40. The van der Waals surface area contributed by atoms with Gasteiger partial charge >= 0.3 is 0 Å². The first-order chi connectivity index (χ1) is 12.9. The molecule has 9 heteroatoms. The van der Waals surface area contributed by atoms with Crippen LogP contribution in [-0.4, -0.2) is 37.4 Å². The predicted octanol–water partition coefficient (Wildman–Crippen LogP) is 4.43. The zero-order chi connectivity index (χ0) is 19.4.